The first-order valence-electron chi connectivity index (χ1n) is 12.6. The number of aromatic nitrogens is 5. The van der Waals surface area contributed by atoms with Gasteiger partial charge >= 0.3 is 0 Å². The Morgan fingerprint density at radius 2 is 1.76 bits per heavy atom. The van der Waals surface area contributed by atoms with Crippen LogP contribution in [0, 0.1) is 6.92 Å². The van der Waals surface area contributed by atoms with Gasteiger partial charge in [-0.05, 0) is 56.0 Å². The van der Waals surface area contributed by atoms with E-state index in [0.29, 0.717) is 59.0 Å². The fourth-order valence-corrected chi connectivity index (χ4v) is 5.19. The number of rotatable bonds is 7. The highest BCUT2D eigenvalue weighted by molar-refractivity contribution is 6.04. The van der Waals surface area contributed by atoms with Gasteiger partial charge in [-0.15, -0.1) is 0 Å². The highest BCUT2D eigenvalue weighted by atomic mass is 16.5. The molecule has 0 radical (unpaired) electrons. The summed E-state index contributed by atoms with van der Waals surface area (Å²) in [5, 5.41) is 0.504. The smallest absolute Gasteiger partial charge is 0.265 e. The van der Waals surface area contributed by atoms with Crippen molar-refractivity contribution < 1.29 is 14.2 Å². The number of aryl methyl sites for hydroxylation is 3. The van der Waals surface area contributed by atoms with Crippen LogP contribution < -0.4 is 15.0 Å². The molecule has 0 bridgehead atoms. The summed E-state index contributed by atoms with van der Waals surface area (Å²) in [6.45, 7) is 3.68. The molecule has 1 fully saturated rings. The molecule has 5 aromatic rings. The number of fused-ring (bicyclic) bond motifs is 4. The van der Waals surface area contributed by atoms with Crippen LogP contribution in [-0.2, 0) is 24.2 Å². The van der Waals surface area contributed by atoms with Crippen LogP contribution in [0.25, 0.3) is 33.2 Å². The van der Waals surface area contributed by atoms with Crippen LogP contribution in [0.2, 0.25) is 0 Å². The van der Waals surface area contributed by atoms with E-state index in [9.17, 15) is 4.79 Å². The predicted molar refractivity (Wildman–Crippen MR) is 142 cm³/mol. The van der Waals surface area contributed by atoms with Gasteiger partial charge in [0.05, 0.1) is 37.9 Å². The van der Waals surface area contributed by atoms with Gasteiger partial charge < -0.3 is 18.8 Å². The second kappa shape index (κ2) is 9.48. The number of para-hydroxylation sites is 2. The Morgan fingerprint density at radius 1 is 0.973 bits per heavy atom. The van der Waals surface area contributed by atoms with Crippen LogP contribution in [0.1, 0.15) is 24.2 Å². The summed E-state index contributed by atoms with van der Waals surface area (Å²) in [6.07, 6.45) is 2.68. The molecule has 37 heavy (non-hydrogen) atoms. The fraction of sp³-hybridized carbons (Fsp3) is 0.357. The van der Waals surface area contributed by atoms with Crippen LogP contribution in [-0.4, -0.2) is 51.0 Å². The van der Waals surface area contributed by atoms with Gasteiger partial charge in [-0.1, -0.05) is 18.2 Å². The molecule has 6 rings (SSSR count). The third-order valence-electron chi connectivity index (χ3n) is 7.12. The van der Waals surface area contributed by atoms with Gasteiger partial charge in [0.15, 0.2) is 22.8 Å². The summed E-state index contributed by atoms with van der Waals surface area (Å²) in [5.74, 6) is 2.02. The topological polar surface area (TPSA) is 93.3 Å². The number of ether oxygens (including phenoxy) is 3. The Labute approximate surface area is 213 Å². The van der Waals surface area contributed by atoms with Gasteiger partial charge in [0, 0.05) is 13.2 Å². The van der Waals surface area contributed by atoms with Crippen LogP contribution in [0.3, 0.4) is 0 Å². The largest absolute Gasteiger partial charge is 0.493 e. The molecule has 190 valence electrons. The molecule has 2 aromatic carbocycles. The highest BCUT2D eigenvalue weighted by Gasteiger charge is 2.24. The average molecular weight is 500 g/mol. The zero-order valence-electron chi connectivity index (χ0n) is 21.2. The maximum Gasteiger partial charge on any atom is 0.265 e. The van der Waals surface area contributed by atoms with E-state index in [2.05, 4.69) is 0 Å². The third kappa shape index (κ3) is 4.09. The first-order chi connectivity index (χ1) is 18.1. The number of methoxy groups -OCH3 is 2. The van der Waals surface area contributed by atoms with Gasteiger partial charge in [-0.25, -0.2) is 15.0 Å². The summed E-state index contributed by atoms with van der Waals surface area (Å²) in [5.41, 5.74) is 4.35. The van der Waals surface area contributed by atoms with E-state index < -0.39 is 0 Å². The molecule has 0 aliphatic carbocycles. The fourth-order valence-electron chi connectivity index (χ4n) is 5.19. The lowest BCUT2D eigenvalue weighted by Crippen LogP contribution is -2.29. The van der Waals surface area contributed by atoms with Crippen molar-refractivity contribution in [1.82, 2.24) is 24.1 Å². The van der Waals surface area contributed by atoms with Crippen molar-refractivity contribution in [1.29, 1.82) is 0 Å². The summed E-state index contributed by atoms with van der Waals surface area (Å²) in [4.78, 5) is 28.6. The van der Waals surface area contributed by atoms with Gasteiger partial charge in [-0.3, -0.25) is 9.36 Å². The maximum absolute atomic E-state index is 13.9. The molecule has 4 heterocycles. The van der Waals surface area contributed by atoms with Crippen LogP contribution in [0.15, 0.2) is 47.3 Å². The summed E-state index contributed by atoms with van der Waals surface area (Å²) in [6, 6.07) is 13.6. The number of nitrogens with zero attached hydrogens (tertiary/aromatic N) is 5. The van der Waals surface area contributed by atoms with E-state index in [1.54, 1.807) is 18.8 Å². The van der Waals surface area contributed by atoms with Crippen molar-refractivity contribution in [3.8, 4) is 11.5 Å². The molecule has 0 N–H and O–H groups in total. The van der Waals surface area contributed by atoms with Gasteiger partial charge in [0.1, 0.15) is 16.7 Å². The van der Waals surface area contributed by atoms with Crippen molar-refractivity contribution in [2.45, 2.75) is 45.4 Å². The van der Waals surface area contributed by atoms with Crippen molar-refractivity contribution in [2.75, 3.05) is 20.8 Å². The molecule has 9 heteroatoms. The normalized spacial score (nSPS) is 15.7. The van der Waals surface area contributed by atoms with Gasteiger partial charge in [0.25, 0.3) is 5.56 Å². The quantitative estimate of drug-likeness (QED) is 0.334. The van der Waals surface area contributed by atoms with Gasteiger partial charge in [0.2, 0.25) is 0 Å². The zero-order valence-corrected chi connectivity index (χ0v) is 21.2. The Bertz CT molecular complexity index is 1680. The molecule has 0 spiro atoms. The molecule has 3 aromatic heterocycles. The minimum absolute atomic E-state index is 0.0287. The van der Waals surface area contributed by atoms with E-state index in [1.165, 1.54) is 0 Å². The number of hydrogen-bond donors (Lipinski definition) is 0. The Hall–Kier alpha value is -3.98. The summed E-state index contributed by atoms with van der Waals surface area (Å²) in [7, 11) is 3.25. The minimum Gasteiger partial charge on any atom is -0.493 e. The van der Waals surface area contributed by atoms with Crippen molar-refractivity contribution in [2.24, 2.45) is 0 Å². The maximum atomic E-state index is 13.9. The molecule has 0 saturated carbocycles. The Balaban J connectivity index is 1.51. The second-order valence-electron chi connectivity index (χ2n) is 9.38. The van der Waals surface area contributed by atoms with Crippen molar-refractivity contribution in [3.05, 3.63) is 64.2 Å². The van der Waals surface area contributed by atoms with E-state index in [0.717, 1.165) is 36.0 Å². The molecule has 9 nitrogen and oxygen atoms in total. The first-order valence-corrected chi connectivity index (χ1v) is 12.6. The lowest BCUT2D eigenvalue weighted by Gasteiger charge is -2.14. The van der Waals surface area contributed by atoms with E-state index >= 15 is 0 Å². The molecular weight excluding hydrogens is 470 g/mol. The standard InChI is InChI=1S/C28H29N5O4/c1-17-29-26-24(28(34)33(17)16-19-7-6-14-37-19)25-27(31-21-9-5-4-8-20(21)30-25)32(26)13-12-18-10-11-22(35-2)23(15-18)36-3/h4-5,8-11,15,19H,6-7,12-14,16H2,1-3H3. The van der Waals surface area contributed by atoms with Crippen LogP contribution in [0.5, 0.6) is 11.5 Å². The van der Waals surface area contributed by atoms with E-state index in [-0.39, 0.29) is 11.7 Å². The summed E-state index contributed by atoms with van der Waals surface area (Å²) < 4.78 is 20.4. The Kier molecular flexibility index (Phi) is 6.00. The molecule has 0 amide bonds. The molecule has 1 unspecified atom stereocenters. The van der Waals surface area contributed by atoms with E-state index in [4.69, 9.17) is 29.2 Å². The number of hydrogen-bond acceptors (Lipinski definition) is 7. The van der Waals surface area contributed by atoms with Crippen LogP contribution in [0.4, 0.5) is 0 Å². The van der Waals surface area contributed by atoms with Gasteiger partial charge in [-0.2, -0.15) is 0 Å². The molecule has 1 atom stereocenters. The monoisotopic (exact) mass is 499 g/mol. The molecule has 1 aliphatic rings. The predicted octanol–water partition coefficient (Wildman–Crippen LogP) is 4.04. The van der Waals surface area contributed by atoms with Crippen LogP contribution >= 0.6 is 0 Å². The third-order valence-corrected chi connectivity index (χ3v) is 7.12. The average Bonchev–Trinajstić information content (AvgIpc) is 3.54. The van der Waals surface area contributed by atoms with Crippen molar-refractivity contribution >= 4 is 33.2 Å². The SMILES string of the molecule is COc1ccc(CCn2c3nc4ccccc4nc3c3c(=O)n(CC4CCCO4)c(C)nc32)cc1OC. The molecular formula is C28H29N5O4. The number of benzene rings is 2. The van der Waals surface area contributed by atoms with E-state index in [1.807, 2.05) is 54.0 Å². The summed E-state index contributed by atoms with van der Waals surface area (Å²) >= 11 is 0. The zero-order chi connectivity index (χ0) is 25.5. The second-order valence-corrected chi connectivity index (χ2v) is 9.38. The highest BCUT2D eigenvalue weighted by Crippen LogP contribution is 2.29. The molecule has 1 saturated heterocycles. The lowest BCUT2D eigenvalue weighted by molar-refractivity contribution is 0.0955. The van der Waals surface area contributed by atoms with Crippen molar-refractivity contribution in [3.63, 3.8) is 0 Å². The minimum atomic E-state index is -0.0996. The lowest BCUT2D eigenvalue weighted by atomic mass is 10.1. The first kappa shape index (κ1) is 23.4. The molecule has 1 aliphatic heterocycles. The Morgan fingerprint density at radius 3 is 2.49 bits per heavy atom.